The van der Waals surface area contributed by atoms with Gasteiger partial charge in [-0.3, -0.25) is 4.68 Å². The van der Waals surface area contributed by atoms with Crippen LogP contribution in [0.25, 0.3) is 0 Å². The van der Waals surface area contributed by atoms with E-state index in [1.807, 2.05) is 17.9 Å². The predicted molar refractivity (Wildman–Crippen MR) is 68.3 cm³/mol. The third kappa shape index (κ3) is 4.79. The Morgan fingerprint density at radius 2 is 2.19 bits per heavy atom. The third-order valence-electron chi connectivity index (χ3n) is 3.04. The monoisotopic (exact) mass is 223 g/mol. The number of rotatable bonds is 8. The number of hydrogen-bond acceptors (Lipinski definition) is 2. The Morgan fingerprint density at radius 3 is 2.81 bits per heavy atom. The van der Waals surface area contributed by atoms with Crippen molar-refractivity contribution >= 4 is 0 Å². The molecule has 1 atom stereocenters. The summed E-state index contributed by atoms with van der Waals surface area (Å²) in [5, 5.41) is 7.70. The Bertz CT molecular complexity index is 280. The molecule has 0 fully saturated rings. The van der Waals surface area contributed by atoms with Gasteiger partial charge in [-0.25, -0.2) is 0 Å². The lowest BCUT2D eigenvalue weighted by atomic mass is 10.1. The van der Waals surface area contributed by atoms with Gasteiger partial charge in [0.1, 0.15) is 0 Å². The van der Waals surface area contributed by atoms with E-state index in [-0.39, 0.29) is 0 Å². The minimum atomic E-state index is 0.603. The van der Waals surface area contributed by atoms with Crippen molar-refractivity contribution in [3.8, 4) is 0 Å². The molecule has 0 aliphatic carbocycles. The molecule has 0 saturated carbocycles. The average molecular weight is 223 g/mol. The first kappa shape index (κ1) is 13.2. The number of aromatic nitrogens is 2. The van der Waals surface area contributed by atoms with E-state index in [0.717, 1.165) is 6.54 Å². The Kier molecular flexibility index (Phi) is 6.16. The highest BCUT2D eigenvalue weighted by atomic mass is 15.3. The Hall–Kier alpha value is -0.830. The van der Waals surface area contributed by atoms with Gasteiger partial charge in [-0.1, -0.05) is 32.6 Å². The van der Waals surface area contributed by atoms with E-state index < -0.39 is 0 Å². The fourth-order valence-corrected chi connectivity index (χ4v) is 1.83. The second-order valence-corrected chi connectivity index (χ2v) is 4.58. The summed E-state index contributed by atoms with van der Waals surface area (Å²) in [4.78, 5) is 0. The van der Waals surface area contributed by atoms with Crippen molar-refractivity contribution in [2.24, 2.45) is 7.05 Å². The molecule has 1 aromatic heterocycles. The van der Waals surface area contributed by atoms with E-state index in [0.29, 0.717) is 6.04 Å². The molecule has 0 radical (unpaired) electrons. The second-order valence-electron chi connectivity index (χ2n) is 4.58. The van der Waals surface area contributed by atoms with Crippen LogP contribution in [0, 0.1) is 0 Å². The van der Waals surface area contributed by atoms with Crippen LogP contribution >= 0.6 is 0 Å². The standard InChI is InChI=1S/C13H25N3/c1-4-5-6-7-8-12(2)14-11-13-9-10-15-16(13)3/h9-10,12,14H,4-8,11H2,1-3H3. The quantitative estimate of drug-likeness (QED) is 0.687. The smallest absolute Gasteiger partial charge is 0.0518 e. The number of hydrogen-bond donors (Lipinski definition) is 1. The van der Waals surface area contributed by atoms with Crippen LogP contribution in [0.15, 0.2) is 12.3 Å². The lowest BCUT2D eigenvalue weighted by Crippen LogP contribution is -2.26. The number of unbranched alkanes of at least 4 members (excludes halogenated alkanes) is 3. The maximum absolute atomic E-state index is 4.16. The Balaban J connectivity index is 2.10. The van der Waals surface area contributed by atoms with Crippen LogP contribution in [0.2, 0.25) is 0 Å². The molecular formula is C13H25N3. The number of nitrogens with one attached hydrogen (secondary N) is 1. The molecule has 1 N–H and O–H groups in total. The zero-order valence-electron chi connectivity index (χ0n) is 10.9. The fourth-order valence-electron chi connectivity index (χ4n) is 1.83. The molecular weight excluding hydrogens is 198 g/mol. The van der Waals surface area contributed by atoms with E-state index in [1.165, 1.54) is 37.8 Å². The molecule has 0 aromatic carbocycles. The van der Waals surface area contributed by atoms with E-state index >= 15 is 0 Å². The van der Waals surface area contributed by atoms with Gasteiger partial charge in [0.25, 0.3) is 0 Å². The maximum atomic E-state index is 4.16. The van der Waals surface area contributed by atoms with Gasteiger partial charge in [-0.2, -0.15) is 5.10 Å². The normalized spacial score (nSPS) is 12.9. The summed E-state index contributed by atoms with van der Waals surface area (Å²) < 4.78 is 1.93. The summed E-state index contributed by atoms with van der Waals surface area (Å²) >= 11 is 0. The lowest BCUT2D eigenvalue weighted by Gasteiger charge is -2.13. The Morgan fingerprint density at radius 1 is 1.38 bits per heavy atom. The first-order chi connectivity index (χ1) is 7.74. The zero-order valence-corrected chi connectivity index (χ0v) is 10.9. The van der Waals surface area contributed by atoms with Crippen LogP contribution in [-0.4, -0.2) is 15.8 Å². The van der Waals surface area contributed by atoms with Crippen LogP contribution in [0.3, 0.4) is 0 Å². The van der Waals surface area contributed by atoms with Crippen molar-refractivity contribution in [2.45, 2.75) is 58.5 Å². The number of aryl methyl sites for hydroxylation is 1. The first-order valence-electron chi connectivity index (χ1n) is 6.44. The van der Waals surface area contributed by atoms with Gasteiger partial charge in [0.15, 0.2) is 0 Å². The summed E-state index contributed by atoms with van der Waals surface area (Å²) in [7, 11) is 1.99. The average Bonchev–Trinajstić information content (AvgIpc) is 2.67. The van der Waals surface area contributed by atoms with Gasteiger partial charge in [-0.05, 0) is 19.4 Å². The van der Waals surface area contributed by atoms with Gasteiger partial charge in [0, 0.05) is 25.8 Å². The first-order valence-corrected chi connectivity index (χ1v) is 6.44. The van der Waals surface area contributed by atoms with E-state index in [4.69, 9.17) is 0 Å². The zero-order chi connectivity index (χ0) is 11.8. The molecule has 0 amide bonds. The van der Waals surface area contributed by atoms with Crippen LogP contribution in [0.4, 0.5) is 0 Å². The van der Waals surface area contributed by atoms with Crippen molar-refractivity contribution in [1.82, 2.24) is 15.1 Å². The van der Waals surface area contributed by atoms with Gasteiger partial charge >= 0.3 is 0 Å². The summed E-state index contributed by atoms with van der Waals surface area (Å²) in [5.74, 6) is 0. The van der Waals surface area contributed by atoms with E-state index in [9.17, 15) is 0 Å². The van der Waals surface area contributed by atoms with Crippen molar-refractivity contribution in [2.75, 3.05) is 0 Å². The summed E-state index contributed by atoms with van der Waals surface area (Å²) in [6.45, 7) is 5.44. The predicted octanol–water partition coefficient (Wildman–Crippen LogP) is 2.87. The topological polar surface area (TPSA) is 29.9 Å². The molecule has 3 nitrogen and oxygen atoms in total. The molecule has 0 aliphatic rings. The lowest BCUT2D eigenvalue weighted by molar-refractivity contribution is 0.473. The molecule has 3 heteroatoms. The van der Waals surface area contributed by atoms with E-state index in [1.54, 1.807) is 0 Å². The van der Waals surface area contributed by atoms with Gasteiger partial charge in [0.05, 0.1) is 5.69 Å². The van der Waals surface area contributed by atoms with Crippen molar-refractivity contribution in [1.29, 1.82) is 0 Å². The van der Waals surface area contributed by atoms with Crippen molar-refractivity contribution < 1.29 is 0 Å². The minimum Gasteiger partial charge on any atom is -0.309 e. The molecule has 1 heterocycles. The largest absolute Gasteiger partial charge is 0.309 e. The van der Waals surface area contributed by atoms with Crippen LogP contribution in [0.1, 0.15) is 51.6 Å². The van der Waals surface area contributed by atoms with Crippen molar-refractivity contribution in [3.63, 3.8) is 0 Å². The SMILES string of the molecule is CCCCCCC(C)NCc1ccnn1C. The molecule has 1 unspecified atom stereocenters. The highest BCUT2D eigenvalue weighted by molar-refractivity contribution is 4.99. The highest BCUT2D eigenvalue weighted by Crippen LogP contribution is 2.06. The highest BCUT2D eigenvalue weighted by Gasteiger charge is 2.03. The molecule has 0 saturated heterocycles. The maximum Gasteiger partial charge on any atom is 0.0518 e. The molecule has 1 aromatic rings. The van der Waals surface area contributed by atoms with Gasteiger partial charge < -0.3 is 5.32 Å². The van der Waals surface area contributed by atoms with E-state index in [2.05, 4.69) is 30.3 Å². The summed E-state index contributed by atoms with van der Waals surface area (Å²) in [6, 6.07) is 2.67. The van der Waals surface area contributed by atoms with Crippen LogP contribution < -0.4 is 5.32 Å². The molecule has 0 bridgehead atoms. The molecule has 92 valence electrons. The molecule has 0 spiro atoms. The molecule has 16 heavy (non-hydrogen) atoms. The minimum absolute atomic E-state index is 0.603. The van der Waals surface area contributed by atoms with Crippen LogP contribution in [-0.2, 0) is 13.6 Å². The van der Waals surface area contributed by atoms with Gasteiger partial charge in [0.2, 0.25) is 0 Å². The fraction of sp³-hybridized carbons (Fsp3) is 0.769. The third-order valence-corrected chi connectivity index (χ3v) is 3.04. The second kappa shape index (κ2) is 7.44. The molecule has 1 rings (SSSR count). The van der Waals surface area contributed by atoms with Crippen LogP contribution in [0.5, 0.6) is 0 Å². The Labute approximate surface area is 99.2 Å². The number of nitrogens with zero attached hydrogens (tertiary/aromatic N) is 2. The van der Waals surface area contributed by atoms with Gasteiger partial charge in [-0.15, -0.1) is 0 Å². The van der Waals surface area contributed by atoms with Crippen molar-refractivity contribution in [3.05, 3.63) is 18.0 Å². The summed E-state index contributed by atoms with van der Waals surface area (Å²) in [6.07, 6.45) is 8.52. The molecule has 0 aliphatic heterocycles. The summed E-state index contributed by atoms with van der Waals surface area (Å²) in [5.41, 5.74) is 1.25.